The Hall–Kier alpha value is -0.580. The van der Waals surface area contributed by atoms with Crippen molar-refractivity contribution < 1.29 is 0 Å². The van der Waals surface area contributed by atoms with Gasteiger partial charge in [0.2, 0.25) is 0 Å². The zero-order valence-corrected chi connectivity index (χ0v) is 9.76. The van der Waals surface area contributed by atoms with E-state index in [1.165, 1.54) is 29.7 Å². The number of aryl methyl sites for hydroxylation is 1. The number of nitrogens with two attached hydrogens (primary N) is 1. The van der Waals surface area contributed by atoms with Crippen molar-refractivity contribution in [3.63, 3.8) is 0 Å². The molecule has 0 saturated carbocycles. The van der Waals surface area contributed by atoms with Crippen LogP contribution in [0.3, 0.4) is 0 Å². The zero-order valence-electron chi connectivity index (χ0n) is 8.94. The summed E-state index contributed by atoms with van der Waals surface area (Å²) >= 11 is 2.01. The first-order chi connectivity index (χ1) is 7.31. The van der Waals surface area contributed by atoms with Crippen LogP contribution in [-0.4, -0.2) is 16.0 Å². The number of hydrogen-bond donors (Lipinski definition) is 2. The molecule has 1 aromatic rings. The van der Waals surface area contributed by atoms with Crippen molar-refractivity contribution in [1.29, 1.82) is 0 Å². The van der Waals surface area contributed by atoms with Crippen LogP contribution in [0.2, 0.25) is 0 Å². The fraction of sp³-hybridized carbons (Fsp3) is 0.545. The van der Waals surface area contributed by atoms with Crippen LogP contribution in [0.25, 0.3) is 0 Å². The molecule has 3 N–H and O–H groups in total. The fourth-order valence-corrected chi connectivity index (χ4v) is 3.43. The highest BCUT2D eigenvalue weighted by Gasteiger charge is 2.26. The molecule has 2 rings (SSSR count). The van der Waals surface area contributed by atoms with Gasteiger partial charge < -0.3 is 0 Å². The molecule has 1 saturated heterocycles. The standard InChI is InChI=1S/C11H17N3S/c1-8-5-9(7-13-6-8)11(14-12)10-3-2-4-15-10/h5-7,10-11,14H,2-4,12H2,1H3. The maximum Gasteiger partial charge on any atom is 0.0593 e. The first-order valence-electron chi connectivity index (χ1n) is 5.30. The normalized spacial score (nSPS) is 22.9. The smallest absolute Gasteiger partial charge is 0.0593 e. The number of hydrogen-bond acceptors (Lipinski definition) is 4. The molecule has 1 aliphatic heterocycles. The maximum atomic E-state index is 5.64. The molecule has 0 spiro atoms. The van der Waals surface area contributed by atoms with Gasteiger partial charge >= 0.3 is 0 Å². The second kappa shape index (κ2) is 4.96. The summed E-state index contributed by atoms with van der Waals surface area (Å²) in [4.78, 5) is 4.22. The van der Waals surface area contributed by atoms with Crippen molar-refractivity contribution in [2.24, 2.45) is 5.84 Å². The van der Waals surface area contributed by atoms with E-state index in [1.54, 1.807) is 0 Å². The predicted molar refractivity (Wildman–Crippen MR) is 64.5 cm³/mol. The largest absolute Gasteiger partial charge is 0.271 e. The molecule has 2 atom stereocenters. The van der Waals surface area contributed by atoms with Crippen molar-refractivity contribution in [2.45, 2.75) is 31.1 Å². The number of hydrazine groups is 1. The molecule has 1 fully saturated rings. The summed E-state index contributed by atoms with van der Waals surface area (Å²) in [5.74, 6) is 6.90. The van der Waals surface area contributed by atoms with E-state index in [4.69, 9.17) is 5.84 Å². The SMILES string of the molecule is Cc1cncc(C(NN)C2CCCS2)c1. The third kappa shape index (κ3) is 2.51. The molecule has 0 bridgehead atoms. The molecule has 0 aliphatic carbocycles. The highest BCUT2D eigenvalue weighted by Crippen LogP contribution is 2.35. The van der Waals surface area contributed by atoms with Crippen LogP contribution in [0.5, 0.6) is 0 Å². The molecule has 0 radical (unpaired) electrons. The molecule has 0 amide bonds. The average molecular weight is 223 g/mol. The topological polar surface area (TPSA) is 50.9 Å². The number of nitrogens with one attached hydrogen (secondary N) is 1. The van der Waals surface area contributed by atoms with Gasteiger partial charge in [0.05, 0.1) is 6.04 Å². The van der Waals surface area contributed by atoms with Gasteiger partial charge in [0.1, 0.15) is 0 Å². The number of thioether (sulfide) groups is 1. The van der Waals surface area contributed by atoms with E-state index in [-0.39, 0.29) is 6.04 Å². The van der Waals surface area contributed by atoms with Crippen molar-refractivity contribution in [1.82, 2.24) is 10.4 Å². The van der Waals surface area contributed by atoms with Gasteiger partial charge in [-0.15, -0.1) is 0 Å². The lowest BCUT2D eigenvalue weighted by atomic mass is 10.0. The lowest BCUT2D eigenvalue weighted by Gasteiger charge is -2.22. The Morgan fingerprint density at radius 3 is 3.07 bits per heavy atom. The summed E-state index contributed by atoms with van der Waals surface area (Å²) in [5.41, 5.74) is 5.32. The van der Waals surface area contributed by atoms with Crippen LogP contribution in [0, 0.1) is 6.92 Å². The van der Waals surface area contributed by atoms with Crippen molar-refractivity contribution in [3.05, 3.63) is 29.6 Å². The molecule has 0 aromatic carbocycles. The van der Waals surface area contributed by atoms with Gasteiger partial charge in [-0.25, -0.2) is 0 Å². The van der Waals surface area contributed by atoms with Gasteiger partial charge in [0.25, 0.3) is 0 Å². The fourth-order valence-electron chi connectivity index (χ4n) is 2.03. The molecular formula is C11H17N3S. The van der Waals surface area contributed by atoms with E-state index >= 15 is 0 Å². The quantitative estimate of drug-likeness (QED) is 0.606. The minimum absolute atomic E-state index is 0.241. The number of aromatic nitrogens is 1. The van der Waals surface area contributed by atoms with Gasteiger partial charge in [-0.05, 0) is 36.6 Å². The van der Waals surface area contributed by atoms with E-state index in [1.807, 2.05) is 24.2 Å². The minimum atomic E-state index is 0.241. The average Bonchev–Trinajstić information content (AvgIpc) is 2.72. The number of nitrogens with zero attached hydrogens (tertiary/aromatic N) is 1. The maximum absolute atomic E-state index is 5.64. The Morgan fingerprint density at radius 2 is 2.47 bits per heavy atom. The lowest BCUT2D eigenvalue weighted by Crippen LogP contribution is -2.34. The van der Waals surface area contributed by atoms with E-state index in [0.29, 0.717) is 5.25 Å². The first kappa shape index (κ1) is 10.9. The molecule has 1 aromatic heterocycles. The summed E-state index contributed by atoms with van der Waals surface area (Å²) in [6.45, 7) is 2.06. The van der Waals surface area contributed by atoms with Crippen LogP contribution in [0.15, 0.2) is 18.5 Å². The molecule has 15 heavy (non-hydrogen) atoms. The zero-order chi connectivity index (χ0) is 10.7. The number of pyridine rings is 1. The monoisotopic (exact) mass is 223 g/mol. The molecule has 2 heterocycles. The Labute approximate surface area is 94.8 Å². The Balaban J connectivity index is 2.18. The van der Waals surface area contributed by atoms with E-state index < -0.39 is 0 Å². The number of rotatable bonds is 3. The van der Waals surface area contributed by atoms with E-state index in [9.17, 15) is 0 Å². The highest BCUT2D eigenvalue weighted by atomic mass is 32.2. The second-order valence-corrected chi connectivity index (χ2v) is 5.34. The van der Waals surface area contributed by atoms with Crippen LogP contribution in [0.4, 0.5) is 0 Å². The van der Waals surface area contributed by atoms with Gasteiger partial charge in [0, 0.05) is 17.6 Å². The molecule has 2 unspecified atom stereocenters. The van der Waals surface area contributed by atoms with Gasteiger partial charge in [-0.2, -0.15) is 11.8 Å². The molecule has 82 valence electrons. The van der Waals surface area contributed by atoms with Crippen molar-refractivity contribution in [3.8, 4) is 0 Å². The van der Waals surface area contributed by atoms with Crippen molar-refractivity contribution in [2.75, 3.05) is 5.75 Å². The van der Waals surface area contributed by atoms with E-state index in [2.05, 4.69) is 23.4 Å². The highest BCUT2D eigenvalue weighted by molar-refractivity contribution is 8.00. The summed E-state index contributed by atoms with van der Waals surface area (Å²) in [7, 11) is 0. The molecular weight excluding hydrogens is 206 g/mol. The molecule has 1 aliphatic rings. The second-order valence-electron chi connectivity index (χ2n) is 3.99. The third-order valence-corrected chi connectivity index (χ3v) is 4.23. The van der Waals surface area contributed by atoms with Crippen LogP contribution < -0.4 is 11.3 Å². The third-order valence-electron chi connectivity index (χ3n) is 2.77. The predicted octanol–water partition coefficient (Wildman–Crippen LogP) is 1.79. The van der Waals surface area contributed by atoms with Crippen LogP contribution in [-0.2, 0) is 0 Å². The van der Waals surface area contributed by atoms with Crippen molar-refractivity contribution >= 4 is 11.8 Å². The Kier molecular flexibility index (Phi) is 3.61. The van der Waals surface area contributed by atoms with Gasteiger partial charge in [-0.3, -0.25) is 16.3 Å². The molecule has 3 nitrogen and oxygen atoms in total. The minimum Gasteiger partial charge on any atom is -0.271 e. The van der Waals surface area contributed by atoms with Gasteiger partial charge in [0.15, 0.2) is 0 Å². The summed E-state index contributed by atoms with van der Waals surface area (Å²) < 4.78 is 0. The first-order valence-corrected chi connectivity index (χ1v) is 6.35. The van der Waals surface area contributed by atoms with Crippen LogP contribution in [0.1, 0.15) is 30.0 Å². The van der Waals surface area contributed by atoms with E-state index in [0.717, 1.165) is 0 Å². The lowest BCUT2D eigenvalue weighted by molar-refractivity contribution is 0.518. The Morgan fingerprint density at radius 1 is 1.60 bits per heavy atom. The summed E-state index contributed by atoms with van der Waals surface area (Å²) in [5, 5.41) is 0.596. The summed E-state index contributed by atoms with van der Waals surface area (Å²) in [6.07, 6.45) is 6.33. The summed E-state index contributed by atoms with van der Waals surface area (Å²) in [6, 6.07) is 2.40. The Bertz CT molecular complexity index is 323. The van der Waals surface area contributed by atoms with Gasteiger partial charge in [-0.1, -0.05) is 6.07 Å². The van der Waals surface area contributed by atoms with Crippen LogP contribution >= 0.6 is 11.8 Å². The molecule has 4 heteroatoms.